The van der Waals surface area contributed by atoms with E-state index in [0.29, 0.717) is 25.3 Å². The average Bonchev–Trinajstić information content (AvgIpc) is 3.45. The van der Waals surface area contributed by atoms with Crippen LogP contribution in [0.2, 0.25) is 0 Å². The molecule has 4 rings (SSSR count). The molecule has 11 heteroatoms. The molecule has 2 unspecified atom stereocenters. The van der Waals surface area contributed by atoms with Crippen LogP contribution in [-0.4, -0.2) is 38.0 Å². The average molecular weight is 408 g/mol. The van der Waals surface area contributed by atoms with Crippen molar-refractivity contribution in [3.05, 3.63) is 54.6 Å². The summed E-state index contributed by atoms with van der Waals surface area (Å²) in [5, 5.41) is 9.55. The fourth-order valence-corrected chi connectivity index (χ4v) is 3.38. The van der Waals surface area contributed by atoms with Crippen LogP contribution >= 0.6 is 0 Å². The number of nitrogens with zero attached hydrogens (tertiary/aromatic N) is 4. The Morgan fingerprint density at radius 3 is 2.97 bits per heavy atom. The highest BCUT2D eigenvalue weighted by atomic mass is 19.4. The highest BCUT2D eigenvalue weighted by Gasteiger charge is 2.47. The Kier molecular flexibility index (Phi) is 5.03. The lowest BCUT2D eigenvalue weighted by Crippen LogP contribution is -2.36. The predicted octanol–water partition coefficient (Wildman–Crippen LogP) is 3.15. The second-order valence-electron chi connectivity index (χ2n) is 6.77. The SMILES string of the molecule is O=C(NCCCn1ccnc1)c1cnn2c1NC(c1ccco1)CC2C(F)(F)F. The molecule has 0 saturated carbocycles. The highest BCUT2D eigenvalue weighted by molar-refractivity contribution is 5.98. The third-order valence-corrected chi connectivity index (χ3v) is 4.81. The molecule has 154 valence electrons. The van der Waals surface area contributed by atoms with Crippen molar-refractivity contribution >= 4 is 11.7 Å². The number of imidazole rings is 1. The molecule has 2 atom stereocenters. The molecule has 1 amide bonds. The molecular formula is C18H19F3N6O2. The summed E-state index contributed by atoms with van der Waals surface area (Å²) in [6, 6.07) is 0.650. The number of aromatic nitrogens is 4. The predicted molar refractivity (Wildman–Crippen MR) is 96.2 cm³/mol. The maximum Gasteiger partial charge on any atom is 0.410 e. The van der Waals surface area contributed by atoms with Gasteiger partial charge in [-0.1, -0.05) is 0 Å². The summed E-state index contributed by atoms with van der Waals surface area (Å²) in [6.07, 6.45) is 3.58. The molecule has 0 radical (unpaired) electrons. The number of carbonyl (C=O) groups excluding carboxylic acids is 1. The van der Waals surface area contributed by atoms with E-state index in [4.69, 9.17) is 4.42 Å². The number of hydrogen-bond acceptors (Lipinski definition) is 5. The minimum absolute atomic E-state index is 0.0343. The first kappa shape index (κ1) is 19.1. The number of nitrogens with one attached hydrogen (secondary N) is 2. The van der Waals surface area contributed by atoms with Crippen molar-refractivity contribution in [3.8, 4) is 0 Å². The summed E-state index contributed by atoms with van der Waals surface area (Å²) in [5.74, 6) is -0.0733. The molecule has 0 aliphatic carbocycles. The van der Waals surface area contributed by atoms with Gasteiger partial charge in [0.15, 0.2) is 6.04 Å². The molecule has 0 spiro atoms. The zero-order valence-corrected chi connectivity index (χ0v) is 15.3. The van der Waals surface area contributed by atoms with Gasteiger partial charge in [0.2, 0.25) is 0 Å². The lowest BCUT2D eigenvalue weighted by molar-refractivity contribution is -0.174. The quantitative estimate of drug-likeness (QED) is 0.612. The first-order valence-corrected chi connectivity index (χ1v) is 9.11. The third-order valence-electron chi connectivity index (χ3n) is 4.81. The summed E-state index contributed by atoms with van der Waals surface area (Å²) in [6.45, 7) is 1.04. The van der Waals surface area contributed by atoms with Crippen LogP contribution in [0.15, 0.2) is 47.7 Å². The number of hydrogen-bond donors (Lipinski definition) is 2. The Balaban J connectivity index is 1.49. The Morgan fingerprint density at radius 2 is 2.28 bits per heavy atom. The maximum atomic E-state index is 13.6. The first-order valence-electron chi connectivity index (χ1n) is 9.11. The van der Waals surface area contributed by atoms with Crippen molar-refractivity contribution in [1.29, 1.82) is 0 Å². The molecule has 2 N–H and O–H groups in total. The number of furan rings is 1. The van der Waals surface area contributed by atoms with Crippen molar-refractivity contribution in [3.63, 3.8) is 0 Å². The van der Waals surface area contributed by atoms with Gasteiger partial charge in [0.05, 0.1) is 24.8 Å². The van der Waals surface area contributed by atoms with Gasteiger partial charge in [-0.15, -0.1) is 0 Å². The Hall–Kier alpha value is -3.24. The van der Waals surface area contributed by atoms with Crippen LogP contribution in [0.25, 0.3) is 0 Å². The second-order valence-corrected chi connectivity index (χ2v) is 6.77. The minimum Gasteiger partial charge on any atom is -0.467 e. The smallest absolute Gasteiger partial charge is 0.410 e. The summed E-state index contributed by atoms with van der Waals surface area (Å²) in [7, 11) is 0. The highest BCUT2D eigenvalue weighted by Crippen LogP contribution is 2.44. The normalized spacial score (nSPS) is 18.9. The van der Waals surface area contributed by atoms with Crippen molar-refractivity contribution in [1.82, 2.24) is 24.6 Å². The van der Waals surface area contributed by atoms with Gasteiger partial charge in [-0.2, -0.15) is 18.3 Å². The summed E-state index contributed by atoms with van der Waals surface area (Å²) < 4.78 is 48.8. The molecule has 29 heavy (non-hydrogen) atoms. The maximum absolute atomic E-state index is 13.6. The van der Waals surface area contributed by atoms with E-state index in [1.165, 1.54) is 6.26 Å². The van der Waals surface area contributed by atoms with E-state index in [2.05, 4.69) is 20.7 Å². The van der Waals surface area contributed by atoms with Gasteiger partial charge in [0.25, 0.3) is 5.91 Å². The molecule has 0 saturated heterocycles. The monoisotopic (exact) mass is 408 g/mol. The molecule has 3 aromatic rings. The molecule has 3 aromatic heterocycles. The fraction of sp³-hybridized carbons (Fsp3) is 0.389. The van der Waals surface area contributed by atoms with Crippen LogP contribution in [0.5, 0.6) is 0 Å². The zero-order chi connectivity index (χ0) is 20.4. The lowest BCUT2D eigenvalue weighted by Gasteiger charge is -2.32. The van der Waals surface area contributed by atoms with Gasteiger partial charge in [-0.25, -0.2) is 9.67 Å². The number of halogens is 3. The number of anilines is 1. The number of amides is 1. The Labute approximate surface area is 163 Å². The van der Waals surface area contributed by atoms with E-state index in [1.807, 2.05) is 10.8 Å². The Bertz CT molecular complexity index is 949. The van der Waals surface area contributed by atoms with E-state index < -0.39 is 24.2 Å². The van der Waals surface area contributed by atoms with Crippen LogP contribution < -0.4 is 10.6 Å². The molecule has 0 aromatic carbocycles. The van der Waals surface area contributed by atoms with Crippen LogP contribution in [-0.2, 0) is 6.54 Å². The molecule has 8 nitrogen and oxygen atoms in total. The van der Waals surface area contributed by atoms with Gasteiger partial charge in [0.1, 0.15) is 17.1 Å². The molecule has 1 aliphatic heterocycles. The molecule has 0 bridgehead atoms. The summed E-state index contributed by atoms with van der Waals surface area (Å²) in [5.41, 5.74) is 0.0677. The topological polar surface area (TPSA) is 89.9 Å². The molecule has 4 heterocycles. The summed E-state index contributed by atoms with van der Waals surface area (Å²) in [4.78, 5) is 16.5. The lowest BCUT2D eigenvalue weighted by atomic mass is 10.0. The van der Waals surface area contributed by atoms with Crippen LogP contribution in [0.1, 0.15) is 41.0 Å². The van der Waals surface area contributed by atoms with Crippen molar-refractivity contribution in [2.75, 3.05) is 11.9 Å². The number of fused-ring (bicyclic) bond motifs is 1. The molecular weight excluding hydrogens is 389 g/mol. The first-order chi connectivity index (χ1) is 13.9. The largest absolute Gasteiger partial charge is 0.467 e. The number of alkyl halides is 3. The van der Waals surface area contributed by atoms with Gasteiger partial charge < -0.3 is 19.6 Å². The second kappa shape index (κ2) is 7.64. The zero-order valence-electron chi connectivity index (χ0n) is 15.3. The van der Waals surface area contributed by atoms with Gasteiger partial charge in [-0.3, -0.25) is 4.79 Å². The fourth-order valence-electron chi connectivity index (χ4n) is 3.38. The van der Waals surface area contributed by atoms with Crippen LogP contribution in [0.3, 0.4) is 0 Å². The van der Waals surface area contributed by atoms with E-state index in [-0.39, 0.29) is 17.8 Å². The van der Waals surface area contributed by atoms with E-state index in [0.717, 1.165) is 10.9 Å². The van der Waals surface area contributed by atoms with Gasteiger partial charge in [0, 0.05) is 31.9 Å². The molecule has 0 fully saturated rings. The van der Waals surface area contributed by atoms with E-state index >= 15 is 0 Å². The van der Waals surface area contributed by atoms with Gasteiger partial charge in [-0.05, 0) is 18.6 Å². The minimum atomic E-state index is -4.51. The van der Waals surface area contributed by atoms with Gasteiger partial charge >= 0.3 is 6.18 Å². The van der Waals surface area contributed by atoms with Crippen molar-refractivity contribution in [2.24, 2.45) is 0 Å². The Morgan fingerprint density at radius 1 is 1.41 bits per heavy atom. The van der Waals surface area contributed by atoms with E-state index in [1.54, 1.807) is 24.7 Å². The standard InChI is InChI=1S/C18H19F3N6O2/c19-18(20,21)15-9-13(14-3-1-8-29-14)25-16-12(10-24-27(15)16)17(28)23-4-2-6-26-7-5-22-11-26/h1,3,5,7-8,10-11,13,15,25H,2,4,6,9H2,(H,23,28). The third kappa shape index (κ3) is 3.98. The molecule has 1 aliphatic rings. The summed E-state index contributed by atoms with van der Waals surface area (Å²) >= 11 is 0. The van der Waals surface area contributed by atoms with Crippen LogP contribution in [0, 0.1) is 0 Å². The van der Waals surface area contributed by atoms with Crippen molar-refractivity contribution in [2.45, 2.75) is 37.6 Å². The number of aryl methyl sites for hydroxylation is 1. The van der Waals surface area contributed by atoms with E-state index in [9.17, 15) is 18.0 Å². The number of rotatable bonds is 6. The number of carbonyl (C=O) groups is 1. The van der Waals surface area contributed by atoms with Crippen LogP contribution in [0.4, 0.5) is 19.0 Å². The van der Waals surface area contributed by atoms with Crippen molar-refractivity contribution < 1.29 is 22.4 Å².